The smallest absolute Gasteiger partial charge is 0.408 e. The van der Waals surface area contributed by atoms with Crippen molar-refractivity contribution in [3.05, 3.63) is 84.6 Å². The van der Waals surface area contributed by atoms with Gasteiger partial charge < -0.3 is 23.8 Å². The summed E-state index contributed by atoms with van der Waals surface area (Å²) >= 11 is 0. The fourth-order valence-electron chi connectivity index (χ4n) is 4.20. The van der Waals surface area contributed by atoms with Crippen LogP contribution in [-0.4, -0.2) is 37.6 Å². The van der Waals surface area contributed by atoms with Gasteiger partial charge in [0.15, 0.2) is 14.4 Å². The van der Waals surface area contributed by atoms with Crippen LogP contribution in [0.3, 0.4) is 0 Å². The number of ether oxygens (including phenoxy) is 2. The summed E-state index contributed by atoms with van der Waals surface area (Å²) in [6, 6.07) is 16.2. The maximum absolute atomic E-state index is 13.5. The van der Waals surface area contributed by atoms with E-state index in [1.54, 1.807) is 6.92 Å². The Morgan fingerprint density at radius 2 is 1.62 bits per heavy atom. The first-order chi connectivity index (χ1) is 18.7. The molecule has 0 aliphatic heterocycles. The molecule has 3 rings (SSSR count). The van der Waals surface area contributed by atoms with Gasteiger partial charge in [0.1, 0.15) is 12.7 Å². The van der Waals surface area contributed by atoms with Gasteiger partial charge in [0, 0.05) is 22.7 Å². The van der Waals surface area contributed by atoms with Gasteiger partial charge in [0.05, 0.1) is 12.1 Å². The molecule has 2 aromatic carbocycles. The molecule has 1 amide bonds. The number of nitrogens with one attached hydrogen (secondary N) is 1. The van der Waals surface area contributed by atoms with Crippen LogP contribution >= 0.6 is 0 Å². The SMILES string of the molecule is C=CC(C)(C)n1cc([C@@H](O[Si](C)(C)C(C)(C)C)[C@H](NC(=O)OCc2ccccc2)C(=O)OCC)c2ccccc21. The fraction of sp³-hybridized carbons (Fsp3) is 0.438. The molecule has 0 bridgehead atoms. The summed E-state index contributed by atoms with van der Waals surface area (Å²) in [6.45, 7) is 20.8. The highest BCUT2D eigenvalue weighted by atomic mass is 28.4. The number of nitrogens with zero attached hydrogens (tertiary/aromatic N) is 1. The van der Waals surface area contributed by atoms with E-state index in [9.17, 15) is 9.59 Å². The Bertz CT molecular complexity index is 1320. The van der Waals surface area contributed by atoms with E-state index in [1.165, 1.54) is 0 Å². The average Bonchev–Trinajstić information content (AvgIpc) is 3.30. The summed E-state index contributed by atoms with van der Waals surface area (Å²) in [7, 11) is -2.47. The van der Waals surface area contributed by atoms with Gasteiger partial charge in [-0.05, 0) is 50.5 Å². The zero-order valence-corrected chi connectivity index (χ0v) is 26.1. The summed E-state index contributed by atoms with van der Waals surface area (Å²) in [4.78, 5) is 26.6. The molecule has 2 atom stereocenters. The molecule has 1 N–H and O–H groups in total. The summed E-state index contributed by atoms with van der Waals surface area (Å²) in [6.07, 6.45) is 2.35. The van der Waals surface area contributed by atoms with Crippen LogP contribution in [0.5, 0.6) is 0 Å². The predicted octanol–water partition coefficient (Wildman–Crippen LogP) is 7.48. The number of esters is 1. The van der Waals surface area contributed by atoms with Crippen molar-refractivity contribution >= 4 is 31.3 Å². The van der Waals surface area contributed by atoms with Gasteiger partial charge in [-0.15, -0.1) is 6.58 Å². The van der Waals surface area contributed by atoms with Crippen LogP contribution < -0.4 is 5.32 Å². The second-order valence-corrected chi connectivity index (χ2v) is 16.8. The molecule has 0 aliphatic rings. The van der Waals surface area contributed by atoms with Gasteiger partial charge in [-0.1, -0.05) is 75.4 Å². The van der Waals surface area contributed by atoms with E-state index in [-0.39, 0.29) is 18.3 Å². The van der Waals surface area contributed by atoms with Gasteiger partial charge in [-0.3, -0.25) is 0 Å². The number of amides is 1. The third kappa shape index (κ3) is 7.03. The fourth-order valence-corrected chi connectivity index (χ4v) is 5.45. The summed E-state index contributed by atoms with van der Waals surface area (Å²) in [5.41, 5.74) is 2.19. The van der Waals surface area contributed by atoms with Crippen LogP contribution in [0.2, 0.25) is 18.1 Å². The Balaban J connectivity index is 2.13. The molecule has 0 radical (unpaired) electrons. The number of hydrogen-bond donors (Lipinski definition) is 1. The lowest BCUT2D eigenvalue weighted by Gasteiger charge is -2.41. The highest BCUT2D eigenvalue weighted by molar-refractivity contribution is 6.74. The normalized spacial score (nSPS) is 13.9. The van der Waals surface area contributed by atoms with Crippen LogP contribution in [0, 0.1) is 0 Å². The van der Waals surface area contributed by atoms with Gasteiger partial charge in [0.2, 0.25) is 0 Å². The number of hydrogen-bond acceptors (Lipinski definition) is 5. The monoisotopic (exact) mass is 564 g/mol. The lowest BCUT2D eigenvalue weighted by atomic mass is 10.0. The van der Waals surface area contributed by atoms with E-state index < -0.39 is 38.1 Å². The Hall–Kier alpha value is -3.36. The topological polar surface area (TPSA) is 78.8 Å². The molecular formula is C32H44N2O5Si. The number of alkyl carbamates (subject to hydrolysis) is 1. The van der Waals surface area contributed by atoms with Crippen LogP contribution in [-0.2, 0) is 30.8 Å². The van der Waals surface area contributed by atoms with Crippen molar-refractivity contribution in [2.75, 3.05) is 6.61 Å². The van der Waals surface area contributed by atoms with Crippen molar-refractivity contribution < 1.29 is 23.5 Å². The standard InChI is InChI=1S/C32H44N2O5Si/c1-10-32(6,7)34-21-25(24-19-15-16-20-26(24)34)28(39-40(8,9)31(3,4)5)27(29(35)37-11-2)33-30(36)38-22-23-17-13-12-14-18-23/h10,12-21,27-28H,1,11,22H2,2-9H3,(H,33,36)/t27-,28+/m0/s1. The van der Waals surface area contributed by atoms with Crippen molar-refractivity contribution in [3.8, 4) is 0 Å². The number of fused-ring (bicyclic) bond motifs is 1. The Labute approximate surface area is 239 Å². The Kier molecular flexibility index (Phi) is 9.69. The maximum Gasteiger partial charge on any atom is 0.408 e. The van der Waals surface area contributed by atoms with E-state index in [2.05, 4.69) is 64.2 Å². The molecule has 216 valence electrons. The number of allylic oxidation sites excluding steroid dienone is 1. The highest BCUT2D eigenvalue weighted by Crippen LogP contribution is 2.43. The minimum absolute atomic E-state index is 0.0722. The maximum atomic E-state index is 13.5. The Morgan fingerprint density at radius 3 is 2.23 bits per heavy atom. The first-order valence-electron chi connectivity index (χ1n) is 13.8. The zero-order chi connectivity index (χ0) is 29.7. The minimum Gasteiger partial charge on any atom is -0.464 e. The van der Waals surface area contributed by atoms with Gasteiger partial charge in [0.25, 0.3) is 0 Å². The van der Waals surface area contributed by atoms with Crippen LogP contribution in [0.4, 0.5) is 4.79 Å². The van der Waals surface area contributed by atoms with Crippen molar-refractivity contribution in [1.82, 2.24) is 9.88 Å². The molecule has 0 aliphatic carbocycles. The number of carbonyl (C=O) groups excluding carboxylic acids is 2. The number of carbonyl (C=O) groups is 2. The van der Waals surface area contributed by atoms with E-state index in [0.29, 0.717) is 0 Å². The molecule has 8 heteroatoms. The first-order valence-corrected chi connectivity index (χ1v) is 16.7. The molecule has 0 unspecified atom stereocenters. The third-order valence-electron chi connectivity index (χ3n) is 7.73. The van der Waals surface area contributed by atoms with Gasteiger partial charge in [-0.2, -0.15) is 0 Å². The van der Waals surface area contributed by atoms with E-state index >= 15 is 0 Å². The quantitative estimate of drug-likeness (QED) is 0.148. The molecular weight excluding hydrogens is 520 g/mol. The number of benzene rings is 2. The number of para-hydroxylation sites is 1. The molecule has 7 nitrogen and oxygen atoms in total. The summed E-state index contributed by atoms with van der Waals surface area (Å²) in [5.74, 6) is -0.581. The summed E-state index contributed by atoms with van der Waals surface area (Å²) in [5, 5.41) is 3.57. The molecule has 0 saturated carbocycles. The molecule has 0 saturated heterocycles. The van der Waals surface area contributed by atoms with Crippen LogP contribution in [0.1, 0.15) is 58.8 Å². The van der Waals surface area contributed by atoms with E-state index in [4.69, 9.17) is 13.9 Å². The van der Waals surface area contributed by atoms with Crippen molar-refractivity contribution in [2.24, 2.45) is 0 Å². The molecule has 0 fully saturated rings. The average molecular weight is 565 g/mol. The van der Waals surface area contributed by atoms with Crippen molar-refractivity contribution in [1.29, 1.82) is 0 Å². The lowest BCUT2D eigenvalue weighted by Crippen LogP contribution is -2.51. The highest BCUT2D eigenvalue weighted by Gasteiger charge is 2.45. The Morgan fingerprint density at radius 1 is 1.00 bits per heavy atom. The molecule has 0 spiro atoms. The molecule has 40 heavy (non-hydrogen) atoms. The molecule has 1 aromatic heterocycles. The second-order valence-electron chi connectivity index (χ2n) is 12.1. The zero-order valence-electron chi connectivity index (χ0n) is 25.1. The number of rotatable bonds is 11. The second kappa shape index (κ2) is 12.4. The first kappa shape index (κ1) is 31.2. The van der Waals surface area contributed by atoms with Gasteiger partial charge >= 0.3 is 12.1 Å². The predicted molar refractivity (Wildman–Crippen MR) is 163 cm³/mol. The minimum atomic E-state index is -2.47. The van der Waals surface area contributed by atoms with Crippen LogP contribution in [0.15, 0.2) is 73.4 Å². The summed E-state index contributed by atoms with van der Waals surface area (Å²) < 4.78 is 20.1. The van der Waals surface area contributed by atoms with Crippen LogP contribution in [0.25, 0.3) is 10.9 Å². The van der Waals surface area contributed by atoms with E-state index in [1.807, 2.05) is 66.9 Å². The number of aromatic nitrogens is 1. The molecule has 1 heterocycles. The lowest BCUT2D eigenvalue weighted by molar-refractivity contribution is -0.148. The molecule has 3 aromatic rings. The van der Waals surface area contributed by atoms with Crippen molar-refractivity contribution in [3.63, 3.8) is 0 Å². The van der Waals surface area contributed by atoms with Gasteiger partial charge in [-0.25, -0.2) is 9.59 Å². The third-order valence-corrected chi connectivity index (χ3v) is 12.2. The van der Waals surface area contributed by atoms with E-state index in [0.717, 1.165) is 22.0 Å². The largest absolute Gasteiger partial charge is 0.464 e. The van der Waals surface area contributed by atoms with Crippen molar-refractivity contribution in [2.45, 2.75) is 84.0 Å².